The molecule has 0 spiro atoms. The van der Waals surface area contributed by atoms with Crippen molar-refractivity contribution in [3.8, 4) is 5.75 Å². The molecule has 0 saturated carbocycles. The van der Waals surface area contributed by atoms with Gasteiger partial charge in [0, 0.05) is 12.2 Å². The summed E-state index contributed by atoms with van der Waals surface area (Å²) < 4.78 is 10.4. The predicted octanol–water partition coefficient (Wildman–Crippen LogP) is 2.70. The number of aryl methyl sites for hydroxylation is 2. The zero-order valence-corrected chi connectivity index (χ0v) is 22.2. The number of aliphatic hydroxyl groups excluding tert-OH is 2. The highest BCUT2D eigenvalue weighted by Crippen LogP contribution is 2.28. The molecule has 0 heterocycles. The Hall–Kier alpha value is -3.63. The van der Waals surface area contributed by atoms with E-state index in [2.05, 4.69) is 10.6 Å². The average molecular weight is 516 g/mol. The molecule has 3 amide bonds. The van der Waals surface area contributed by atoms with Crippen LogP contribution in [0.2, 0.25) is 0 Å². The summed E-state index contributed by atoms with van der Waals surface area (Å²) in [5.41, 5.74) is 1.91. The smallest absolute Gasteiger partial charge is 0.408 e. The molecule has 0 aliphatic heterocycles. The van der Waals surface area contributed by atoms with E-state index in [1.54, 1.807) is 51.1 Å². The van der Waals surface area contributed by atoms with Crippen molar-refractivity contribution >= 4 is 23.6 Å². The van der Waals surface area contributed by atoms with Crippen LogP contribution in [0.3, 0.4) is 0 Å². The molecule has 2 rings (SSSR count). The maximum absolute atomic E-state index is 13.7. The van der Waals surface area contributed by atoms with Crippen molar-refractivity contribution in [1.82, 2.24) is 10.2 Å². The van der Waals surface area contributed by atoms with E-state index >= 15 is 0 Å². The van der Waals surface area contributed by atoms with Gasteiger partial charge in [0.1, 0.15) is 23.4 Å². The van der Waals surface area contributed by atoms with Crippen LogP contribution in [0.1, 0.15) is 43.5 Å². The summed E-state index contributed by atoms with van der Waals surface area (Å²) in [6, 6.07) is 9.57. The largest absolute Gasteiger partial charge is 0.497 e. The first-order valence-electron chi connectivity index (χ1n) is 11.9. The first-order valence-corrected chi connectivity index (χ1v) is 11.9. The monoisotopic (exact) mass is 515 g/mol. The van der Waals surface area contributed by atoms with E-state index in [9.17, 15) is 24.6 Å². The summed E-state index contributed by atoms with van der Waals surface area (Å²) in [5.74, 6) is -0.676. The zero-order valence-electron chi connectivity index (χ0n) is 22.2. The summed E-state index contributed by atoms with van der Waals surface area (Å²) in [6.45, 7) is 7.32. The highest BCUT2D eigenvalue weighted by molar-refractivity contribution is 5.99. The molecule has 10 nitrogen and oxygen atoms in total. The summed E-state index contributed by atoms with van der Waals surface area (Å²) in [4.78, 5) is 40.7. The Balaban J connectivity index is 2.47. The van der Waals surface area contributed by atoms with Crippen LogP contribution in [0.15, 0.2) is 42.5 Å². The van der Waals surface area contributed by atoms with Gasteiger partial charge in [-0.25, -0.2) is 4.79 Å². The lowest BCUT2D eigenvalue weighted by Gasteiger charge is -2.34. The van der Waals surface area contributed by atoms with Gasteiger partial charge in [-0.3, -0.25) is 9.59 Å². The Morgan fingerprint density at radius 3 is 2.19 bits per heavy atom. The van der Waals surface area contributed by atoms with Crippen LogP contribution in [0.4, 0.5) is 10.5 Å². The topological polar surface area (TPSA) is 137 Å². The zero-order chi connectivity index (χ0) is 27.8. The molecule has 0 aliphatic carbocycles. The minimum absolute atomic E-state index is 0.223. The van der Waals surface area contributed by atoms with Gasteiger partial charge >= 0.3 is 6.09 Å². The lowest BCUT2D eigenvalue weighted by Crippen LogP contribution is -2.54. The van der Waals surface area contributed by atoms with Crippen LogP contribution >= 0.6 is 0 Å². The van der Waals surface area contributed by atoms with Crippen molar-refractivity contribution in [2.45, 2.75) is 52.3 Å². The number of ether oxygens (including phenoxy) is 2. The quantitative estimate of drug-likeness (QED) is 0.382. The molecule has 0 aromatic heterocycles. The van der Waals surface area contributed by atoms with Crippen molar-refractivity contribution in [3.63, 3.8) is 0 Å². The third kappa shape index (κ3) is 8.47. The van der Waals surface area contributed by atoms with E-state index in [0.29, 0.717) is 17.0 Å². The minimum atomic E-state index is -1.40. The number of benzene rings is 2. The lowest BCUT2D eigenvalue weighted by molar-refractivity contribution is -0.142. The van der Waals surface area contributed by atoms with E-state index in [4.69, 9.17) is 9.47 Å². The fourth-order valence-electron chi connectivity index (χ4n) is 3.78. The number of hydrogen-bond acceptors (Lipinski definition) is 7. The molecule has 2 atom stereocenters. The van der Waals surface area contributed by atoms with Crippen LogP contribution in [0, 0.1) is 13.8 Å². The standard InChI is InChI=1S/C27H37N3O7/c1-17-7-12-21(18(2)15-17)23(24(33)28-19-8-10-20(36-6)11-9-19)30(13-14-31)25(34)22(16-32)29-26(35)37-27(3,4)5/h7-12,15,22-23,31-32H,13-14,16H2,1-6H3,(H,28,33)(H,29,35). The molecule has 10 heteroatoms. The van der Waals surface area contributed by atoms with E-state index in [0.717, 1.165) is 16.0 Å². The van der Waals surface area contributed by atoms with Gasteiger partial charge in [0.2, 0.25) is 5.91 Å². The number of methoxy groups -OCH3 is 1. The minimum Gasteiger partial charge on any atom is -0.497 e. The molecule has 37 heavy (non-hydrogen) atoms. The number of aliphatic hydroxyl groups is 2. The van der Waals surface area contributed by atoms with Gasteiger partial charge in [0.05, 0.1) is 20.3 Å². The molecule has 202 valence electrons. The van der Waals surface area contributed by atoms with E-state index in [1.807, 2.05) is 26.0 Å². The van der Waals surface area contributed by atoms with E-state index < -0.39 is 48.8 Å². The molecular weight excluding hydrogens is 478 g/mol. The molecule has 0 fully saturated rings. The van der Waals surface area contributed by atoms with Crippen molar-refractivity contribution < 1.29 is 34.1 Å². The van der Waals surface area contributed by atoms with Gasteiger partial charge in [0.25, 0.3) is 5.91 Å². The number of alkyl carbamates (subject to hydrolysis) is 1. The molecule has 2 aromatic carbocycles. The normalized spacial score (nSPS) is 12.8. The van der Waals surface area contributed by atoms with Gasteiger partial charge in [-0.05, 0) is 70.0 Å². The van der Waals surface area contributed by atoms with Gasteiger partial charge in [-0.2, -0.15) is 0 Å². The van der Waals surface area contributed by atoms with Crippen LogP contribution in [0.5, 0.6) is 5.75 Å². The number of carbonyl (C=O) groups is 3. The van der Waals surface area contributed by atoms with Crippen molar-refractivity contribution in [1.29, 1.82) is 0 Å². The van der Waals surface area contributed by atoms with Crippen molar-refractivity contribution in [2.24, 2.45) is 0 Å². The molecule has 0 saturated heterocycles. The Bertz CT molecular complexity index is 1080. The fraction of sp³-hybridized carbons (Fsp3) is 0.444. The molecule has 0 aliphatic rings. The molecule has 2 aromatic rings. The van der Waals surface area contributed by atoms with Gasteiger partial charge in [0.15, 0.2) is 0 Å². The molecule has 0 bridgehead atoms. The summed E-state index contributed by atoms with van der Waals surface area (Å²) in [5, 5.41) is 24.9. The third-order valence-corrected chi connectivity index (χ3v) is 5.43. The first kappa shape index (κ1) is 29.6. The number of nitrogens with one attached hydrogen (secondary N) is 2. The van der Waals surface area contributed by atoms with Crippen LogP contribution in [-0.4, -0.2) is 71.5 Å². The predicted molar refractivity (Wildman–Crippen MR) is 139 cm³/mol. The van der Waals surface area contributed by atoms with Gasteiger partial charge < -0.3 is 35.2 Å². The average Bonchev–Trinajstić information content (AvgIpc) is 2.82. The Morgan fingerprint density at radius 2 is 1.68 bits per heavy atom. The summed E-state index contributed by atoms with van der Waals surface area (Å²) in [6.07, 6.45) is -0.894. The number of carbonyl (C=O) groups excluding carboxylic acids is 3. The number of hydrogen-bond donors (Lipinski definition) is 4. The van der Waals surface area contributed by atoms with Crippen LogP contribution < -0.4 is 15.4 Å². The SMILES string of the molecule is COc1ccc(NC(=O)C(c2ccc(C)cc2C)N(CCO)C(=O)C(CO)NC(=O)OC(C)(C)C)cc1. The van der Waals surface area contributed by atoms with Crippen LogP contribution in [-0.2, 0) is 14.3 Å². The highest BCUT2D eigenvalue weighted by atomic mass is 16.6. The number of rotatable bonds is 10. The molecular formula is C27H37N3O7. The molecule has 0 radical (unpaired) electrons. The van der Waals surface area contributed by atoms with Crippen molar-refractivity contribution in [2.75, 3.05) is 32.2 Å². The Kier molecular flexibility index (Phi) is 10.5. The van der Waals surface area contributed by atoms with E-state index in [1.165, 1.54) is 7.11 Å². The van der Waals surface area contributed by atoms with Gasteiger partial charge in [-0.15, -0.1) is 0 Å². The number of anilines is 1. The maximum Gasteiger partial charge on any atom is 0.408 e. The number of amides is 3. The van der Waals surface area contributed by atoms with Gasteiger partial charge in [-0.1, -0.05) is 23.8 Å². The van der Waals surface area contributed by atoms with E-state index in [-0.39, 0.29) is 6.54 Å². The fourth-order valence-corrected chi connectivity index (χ4v) is 3.78. The highest BCUT2D eigenvalue weighted by Gasteiger charge is 2.36. The number of nitrogens with zero attached hydrogens (tertiary/aromatic N) is 1. The maximum atomic E-state index is 13.7. The second kappa shape index (κ2) is 13.1. The third-order valence-electron chi connectivity index (χ3n) is 5.43. The lowest BCUT2D eigenvalue weighted by atomic mass is 9.96. The second-order valence-corrected chi connectivity index (χ2v) is 9.62. The molecule has 4 N–H and O–H groups in total. The Morgan fingerprint density at radius 1 is 1.03 bits per heavy atom. The molecule has 2 unspecified atom stereocenters. The first-order chi connectivity index (χ1) is 17.4. The Labute approximate surface area is 217 Å². The summed E-state index contributed by atoms with van der Waals surface area (Å²) >= 11 is 0. The second-order valence-electron chi connectivity index (χ2n) is 9.62. The van der Waals surface area contributed by atoms with Crippen molar-refractivity contribution in [3.05, 3.63) is 59.2 Å². The van der Waals surface area contributed by atoms with Crippen LogP contribution in [0.25, 0.3) is 0 Å². The summed E-state index contributed by atoms with van der Waals surface area (Å²) in [7, 11) is 1.53.